The molecule has 2 saturated heterocycles. The van der Waals surface area contributed by atoms with Crippen LogP contribution in [0.25, 0.3) is 0 Å². The van der Waals surface area contributed by atoms with Gasteiger partial charge in [-0.1, -0.05) is 6.07 Å². The first-order valence-electron chi connectivity index (χ1n) is 9.93. The molecule has 0 atom stereocenters. The van der Waals surface area contributed by atoms with Crippen LogP contribution in [0.4, 0.5) is 4.79 Å². The topological polar surface area (TPSA) is 85.0 Å². The molecule has 1 aromatic heterocycles. The monoisotopic (exact) mass is 407 g/mol. The molecule has 4 amide bonds. The van der Waals surface area contributed by atoms with Gasteiger partial charge in [-0.2, -0.15) is 0 Å². The van der Waals surface area contributed by atoms with E-state index in [0.29, 0.717) is 13.1 Å². The number of carbonyl (C=O) groups excluding carboxylic acids is 3. The highest BCUT2D eigenvalue weighted by atomic mass is 32.1. The molecule has 3 heterocycles. The first-order valence-corrected chi connectivity index (χ1v) is 10.8. The number of nitrogens with one attached hydrogen (secondary N) is 2. The predicted molar refractivity (Wildman–Crippen MR) is 108 cm³/mol. The van der Waals surface area contributed by atoms with E-state index in [4.69, 9.17) is 0 Å². The number of amides is 4. The molecule has 2 aliphatic rings. The maximum absolute atomic E-state index is 12.2. The van der Waals surface area contributed by atoms with Crippen LogP contribution in [0, 0.1) is 0 Å². The molecule has 28 heavy (non-hydrogen) atoms. The van der Waals surface area contributed by atoms with E-state index in [1.54, 1.807) is 11.3 Å². The molecule has 154 valence electrons. The minimum absolute atomic E-state index is 0.201. The van der Waals surface area contributed by atoms with Gasteiger partial charge in [0.2, 0.25) is 11.8 Å². The third kappa shape index (κ3) is 6.57. The number of likely N-dealkylation sites (tertiary alicyclic amines) is 1. The summed E-state index contributed by atoms with van der Waals surface area (Å²) in [4.78, 5) is 43.4. The number of nitrogens with zero attached hydrogens (tertiary/aromatic N) is 3. The molecule has 9 heteroatoms. The Kier molecular flexibility index (Phi) is 7.81. The fourth-order valence-electron chi connectivity index (χ4n) is 3.53. The van der Waals surface area contributed by atoms with Crippen LogP contribution >= 0.6 is 11.3 Å². The number of piperazine rings is 1. The van der Waals surface area contributed by atoms with Gasteiger partial charge in [0.15, 0.2) is 0 Å². The molecule has 0 aliphatic carbocycles. The summed E-state index contributed by atoms with van der Waals surface area (Å²) in [5, 5.41) is 7.10. The Balaban J connectivity index is 1.27. The number of carbonyl (C=O) groups is 3. The minimum Gasteiger partial charge on any atom is -0.342 e. The van der Waals surface area contributed by atoms with E-state index in [1.165, 1.54) is 4.88 Å². The van der Waals surface area contributed by atoms with Crippen molar-refractivity contribution in [3.8, 4) is 0 Å². The van der Waals surface area contributed by atoms with E-state index in [0.717, 1.165) is 58.5 Å². The predicted octanol–water partition coefficient (Wildman–Crippen LogP) is 0.356. The minimum atomic E-state index is -0.448. The molecule has 3 rings (SSSR count). The van der Waals surface area contributed by atoms with E-state index in [9.17, 15) is 14.4 Å². The van der Waals surface area contributed by atoms with Crippen molar-refractivity contribution in [3.63, 3.8) is 0 Å². The Morgan fingerprint density at radius 1 is 0.964 bits per heavy atom. The number of thiophene rings is 1. The highest BCUT2D eigenvalue weighted by Gasteiger charge is 2.24. The lowest BCUT2D eigenvalue weighted by atomic mass is 10.3. The maximum atomic E-state index is 12.2. The summed E-state index contributed by atoms with van der Waals surface area (Å²) in [6.45, 7) is 5.91. The van der Waals surface area contributed by atoms with E-state index in [2.05, 4.69) is 15.5 Å². The van der Waals surface area contributed by atoms with Gasteiger partial charge in [-0.3, -0.25) is 24.7 Å². The summed E-state index contributed by atoms with van der Waals surface area (Å²) in [5.74, 6) is -0.0851. The van der Waals surface area contributed by atoms with Crippen LogP contribution in [0.2, 0.25) is 0 Å². The van der Waals surface area contributed by atoms with Crippen LogP contribution in [0.15, 0.2) is 17.5 Å². The molecule has 0 spiro atoms. The van der Waals surface area contributed by atoms with Crippen molar-refractivity contribution < 1.29 is 14.4 Å². The smallest absolute Gasteiger partial charge is 0.321 e. The van der Waals surface area contributed by atoms with Gasteiger partial charge >= 0.3 is 6.03 Å². The van der Waals surface area contributed by atoms with Crippen LogP contribution in [0.3, 0.4) is 0 Å². The second kappa shape index (κ2) is 10.5. The molecule has 0 unspecified atom stereocenters. The highest BCUT2D eigenvalue weighted by Crippen LogP contribution is 2.09. The first-order chi connectivity index (χ1) is 13.6. The fraction of sp³-hybridized carbons (Fsp3) is 0.632. The van der Waals surface area contributed by atoms with Crippen LogP contribution in [-0.4, -0.2) is 91.4 Å². The van der Waals surface area contributed by atoms with Crippen LogP contribution < -0.4 is 10.6 Å². The molecular weight excluding hydrogens is 378 g/mol. The Morgan fingerprint density at radius 2 is 1.64 bits per heavy atom. The van der Waals surface area contributed by atoms with Gasteiger partial charge in [0.05, 0.1) is 13.1 Å². The summed E-state index contributed by atoms with van der Waals surface area (Å²) in [6.07, 6.45) is 2.98. The van der Waals surface area contributed by atoms with Gasteiger partial charge in [0.25, 0.3) is 0 Å². The Morgan fingerprint density at radius 3 is 2.29 bits per heavy atom. The zero-order valence-electron chi connectivity index (χ0n) is 16.2. The van der Waals surface area contributed by atoms with Gasteiger partial charge < -0.3 is 10.2 Å². The van der Waals surface area contributed by atoms with Crippen molar-refractivity contribution in [1.29, 1.82) is 0 Å². The van der Waals surface area contributed by atoms with E-state index in [-0.39, 0.29) is 18.4 Å². The number of rotatable bonds is 7. The Labute approximate surface area is 169 Å². The normalized spacial score (nSPS) is 18.2. The van der Waals surface area contributed by atoms with Gasteiger partial charge in [0, 0.05) is 50.7 Å². The average Bonchev–Trinajstić information content (AvgIpc) is 3.37. The molecule has 1 aromatic rings. The van der Waals surface area contributed by atoms with E-state index >= 15 is 0 Å². The molecule has 0 aromatic carbocycles. The van der Waals surface area contributed by atoms with Crippen molar-refractivity contribution in [2.45, 2.75) is 19.3 Å². The van der Waals surface area contributed by atoms with Gasteiger partial charge in [0.1, 0.15) is 0 Å². The number of urea groups is 1. The maximum Gasteiger partial charge on any atom is 0.321 e. The summed E-state index contributed by atoms with van der Waals surface area (Å²) in [6, 6.07) is 3.55. The summed E-state index contributed by atoms with van der Waals surface area (Å²) >= 11 is 1.65. The largest absolute Gasteiger partial charge is 0.342 e. The fourth-order valence-corrected chi connectivity index (χ4v) is 4.24. The van der Waals surface area contributed by atoms with Crippen molar-refractivity contribution in [2.75, 3.05) is 58.9 Å². The lowest BCUT2D eigenvalue weighted by Crippen LogP contribution is -2.52. The number of hydrogen-bond donors (Lipinski definition) is 2. The van der Waals surface area contributed by atoms with Gasteiger partial charge in [-0.15, -0.1) is 11.3 Å². The van der Waals surface area contributed by atoms with Gasteiger partial charge in [-0.05, 0) is 30.7 Å². The molecule has 2 fully saturated rings. The zero-order valence-corrected chi connectivity index (χ0v) is 17.0. The van der Waals surface area contributed by atoms with Crippen molar-refractivity contribution in [1.82, 2.24) is 25.3 Å². The average molecular weight is 408 g/mol. The van der Waals surface area contributed by atoms with Crippen molar-refractivity contribution in [3.05, 3.63) is 22.4 Å². The van der Waals surface area contributed by atoms with Gasteiger partial charge in [-0.25, -0.2) is 4.79 Å². The third-order valence-corrected chi connectivity index (χ3v) is 6.08. The van der Waals surface area contributed by atoms with Crippen LogP contribution in [0.1, 0.15) is 17.7 Å². The molecular formula is C19H29N5O3S. The van der Waals surface area contributed by atoms with Crippen LogP contribution in [0.5, 0.6) is 0 Å². The van der Waals surface area contributed by atoms with E-state index < -0.39 is 6.03 Å². The first kappa shape index (κ1) is 20.8. The second-order valence-electron chi connectivity index (χ2n) is 7.27. The highest BCUT2D eigenvalue weighted by molar-refractivity contribution is 7.09. The van der Waals surface area contributed by atoms with E-state index in [1.807, 2.05) is 27.3 Å². The van der Waals surface area contributed by atoms with Crippen molar-refractivity contribution >= 4 is 29.2 Å². The molecule has 2 N–H and O–H groups in total. The molecule has 0 radical (unpaired) electrons. The Hall–Kier alpha value is -1.97. The summed E-state index contributed by atoms with van der Waals surface area (Å²) in [5.41, 5.74) is 0. The molecule has 0 bridgehead atoms. The van der Waals surface area contributed by atoms with Crippen LogP contribution in [-0.2, 0) is 16.0 Å². The number of imide groups is 1. The summed E-state index contributed by atoms with van der Waals surface area (Å²) < 4.78 is 0. The lowest BCUT2D eigenvalue weighted by molar-refractivity contribution is -0.132. The molecule has 0 saturated carbocycles. The SMILES string of the molecule is O=C(CN1CCN(CC(=O)N2CCCC2)CC1)NC(=O)NCCc1cccs1. The standard InChI is InChI=1S/C19H29N5O3S/c25-17(21-19(27)20-6-5-16-4-3-13-28-16)14-22-9-11-23(12-10-22)15-18(26)24-7-1-2-8-24/h3-4,13H,1-2,5-12,14-15H2,(H2,20,21,25,27). The molecule has 2 aliphatic heterocycles. The van der Waals surface area contributed by atoms with Crippen molar-refractivity contribution in [2.24, 2.45) is 0 Å². The molecule has 8 nitrogen and oxygen atoms in total. The lowest BCUT2D eigenvalue weighted by Gasteiger charge is -2.34. The zero-order chi connectivity index (χ0) is 19.8. The number of hydrogen-bond acceptors (Lipinski definition) is 6. The Bertz CT molecular complexity index is 653. The third-order valence-electron chi connectivity index (χ3n) is 5.14. The summed E-state index contributed by atoms with van der Waals surface area (Å²) in [7, 11) is 0. The second-order valence-corrected chi connectivity index (χ2v) is 8.31. The quantitative estimate of drug-likeness (QED) is 0.682.